The Hall–Kier alpha value is -2.50. The number of hydrogen-bond acceptors (Lipinski definition) is 3. The normalized spacial score (nSPS) is 10.9. The number of aromatic amines is 1. The summed E-state index contributed by atoms with van der Waals surface area (Å²) in [6.45, 7) is 9.42. The van der Waals surface area contributed by atoms with Crippen molar-refractivity contribution in [2.45, 2.75) is 58.7 Å². The first kappa shape index (κ1) is 25.1. The average molecular weight is 481 g/mol. The molecule has 0 spiro atoms. The zero-order valence-electron chi connectivity index (χ0n) is 19.9. The zero-order valence-corrected chi connectivity index (χ0v) is 21.5. The maximum absolute atomic E-state index is 4.98. The molecule has 0 saturated heterocycles. The fourth-order valence-corrected chi connectivity index (χ4v) is 4.75. The lowest BCUT2D eigenvalue weighted by atomic mass is 10.0. The number of aromatic nitrogens is 4. The van der Waals surface area contributed by atoms with E-state index in [9.17, 15) is 0 Å². The van der Waals surface area contributed by atoms with Gasteiger partial charge < -0.3 is 4.98 Å². The number of benzene rings is 2. The Balaban J connectivity index is 0.00000306. The van der Waals surface area contributed by atoms with Crippen LogP contribution in [-0.4, -0.2) is 25.5 Å². The van der Waals surface area contributed by atoms with Crippen LogP contribution < -0.4 is 0 Å². The van der Waals surface area contributed by atoms with Crippen molar-refractivity contribution >= 4 is 24.2 Å². The second kappa shape index (κ2) is 11.6. The lowest BCUT2D eigenvalue weighted by Gasteiger charge is -2.04. The van der Waals surface area contributed by atoms with E-state index >= 15 is 0 Å². The quantitative estimate of drug-likeness (QED) is 0.198. The van der Waals surface area contributed by atoms with Gasteiger partial charge in [0.15, 0.2) is 5.16 Å². The van der Waals surface area contributed by atoms with Crippen LogP contribution >= 0.6 is 24.2 Å². The number of thioether (sulfide) groups is 1. The lowest BCUT2D eigenvalue weighted by Crippen LogP contribution is -2.02. The van der Waals surface area contributed by atoms with Crippen molar-refractivity contribution in [3.63, 3.8) is 0 Å². The van der Waals surface area contributed by atoms with Gasteiger partial charge in [-0.15, -0.1) is 12.4 Å². The summed E-state index contributed by atoms with van der Waals surface area (Å²) in [5.41, 5.74) is 9.33. The number of unbranched alkanes of at least 4 members (excludes halogenated alkanes) is 2. The molecule has 4 nitrogen and oxygen atoms in total. The molecule has 2 heterocycles. The van der Waals surface area contributed by atoms with Gasteiger partial charge in [-0.25, -0.2) is 4.98 Å². The number of aryl methyl sites for hydroxylation is 5. The Bertz CT molecular complexity index is 1100. The van der Waals surface area contributed by atoms with E-state index in [1.807, 2.05) is 11.8 Å². The van der Waals surface area contributed by atoms with Crippen molar-refractivity contribution in [1.82, 2.24) is 19.7 Å². The average Bonchev–Trinajstić information content (AvgIpc) is 3.34. The van der Waals surface area contributed by atoms with Crippen LogP contribution in [0.5, 0.6) is 0 Å². The molecule has 6 heteroatoms. The fraction of sp³-hybridized carbons (Fsp3) is 0.333. The molecule has 0 bridgehead atoms. The molecule has 4 rings (SSSR count). The predicted molar refractivity (Wildman–Crippen MR) is 142 cm³/mol. The number of rotatable bonds is 9. The van der Waals surface area contributed by atoms with E-state index in [0.29, 0.717) is 0 Å². The van der Waals surface area contributed by atoms with Gasteiger partial charge in [0.2, 0.25) is 0 Å². The highest BCUT2D eigenvalue weighted by Crippen LogP contribution is 2.33. The number of H-pyrrole nitrogens is 1. The molecule has 1 N–H and O–H groups in total. The fourth-order valence-electron chi connectivity index (χ4n) is 3.88. The molecular weight excluding hydrogens is 448 g/mol. The maximum atomic E-state index is 4.98. The topological polar surface area (TPSA) is 46.5 Å². The molecule has 0 aliphatic carbocycles. The minimum atomic E-state index is 0. The summed E-state index contributed by atoms with van der Waals surface area (Å²) in [7, 11) is 0. The number of imidazole rings is 1. The Kier molecular flexibility index (Phi) is 8.81. The summed E-state index contributed by atoms with van der Waals surface area (Å²) in [6.07, 6.45) is 3.52. The van der Waals surface area contributed by atoms with Gasteiger partial charge in [0.05, 0.1) is 17.1 Å². The van der Waals surface area contributed by atoms with Crippen LogP contribution in [0.1, 0.15) is 41.8 Å². The van der Waals surface area contributed by atoms with E-state index in [4.69, 9.17) is 4.98 Å². The van der Waals surface area contributed by atoms with E-state index in [1.165, 1.54) is 35.2 Å². The number of nitrogens with one attached hydrogen (secondary N) is 1. The smallest absolute Gasteiger partial charge is 0.166 e. The third-order valence-electron chi connectivity index (χ3n) is 5.70. The molecule has 0 atom stereocenters. The maximum Gasteiger partial charge on any atom is 0.166 e. The van der Waals surface area contributed by atoms with Crippen LogP contribution in [0.3, 0.4) is 0 Å². The van der Waals surface area contributed by atoms with E-state index in [0.717, 1.165) is 46.5 Å². The highest BCUT2D eigenvalue weighted by Gasteiger charge is 2.14. The molecule has 2 aromatic carbocycles. The molecule has 0 fully saturated rings. The third-order valence-corrected chi connectivity index (χ3v) is 6.66. The van der Waals surface area contributed by atoms with E-state index in [2.05, 4.69) is 97.1 Å². The minimum absolute atomic E-state index is 0. The molecule has 0 radical (unpaired) electrons. The van der Waals surface area contributed by atoms with E-state index in [-0.39, 0.29) is 12.4 Å². The molecule has 2 aromatic heterocycles. The van der Waals surface area contributed by atoms with Gasteiger partial charge in [-0.1, -0.05) is 77.8 Å². The molecule has 0 unspecified atom stereocenters. The summed E-state index contributed by atoms with van der Waals surface area (Å²) in [5.74, 6) is 1.06. The largest absolute Gasteiger partial charge is 0.332 e. The van der Waals surface area contributed by atoms with Gasteiger partial charge in [-0.3, -0.25) is 4.68 Å². The monoisotopic (exact) mass is 480 g/mol. The number of hydrogen-bond donors (Lipinski definition) is 1. The first-order valence-corrected chi connectivity index (χ1v) is 12.4. The van der Waals surface area contributed by atoms with Crippen LogP contribution in [0.4, 0.5) is 0 Å². The van der Waals surface area contributed by atoms with Crippen molar-refractivity contribution < 1.29 is 0 Å². The predicted octanol–water partition coefficient (Wildman–Crippen LogP) is 7.56. The van der Waals surface area contributed by atoms with Gasteiger partial charge in [0.25, 0.3) is 0 Å². The number of nitrogens with zero attached hydrogens (tertiary/aromatic N) is 3. The second-order valence-corrected chi connectivity index (χ2v) is 9.64. The Morgan fingerprint density at radius 3 is 2.06 bits per heavy atom. The Labute approximate surface area is 207 Å². The van der Waals surface area contributed by atoms with Crippen molar-refractivity contribution in [2.75, 3.05) is 5.75 Å². The van der Waals surface area contributed by atoms with E-state index in [1.54, 1.807) is 0 Å². The second-order valence-electron chi connectivity index (χ2n) is 8.56. The highest BCUT2D eigenvalue weighted by molar-refractivity contribution is 7.99. The molecule has 0 amide bonds. The summed E-state index contributed by atoms with van der Waals surface area (Å²) >= 11 is 1.82. The van der Waals surface area contributed by atoms with E-state index < -0.39 is 0 Å². The van der Waals surface area contributed by atoms with Crippen molar-refractivity contribution in [2.24, 2.45) is 0 Å². The van der Waals surface area contributed by atoms with Gasteiger partial charge in [0.1, 0.15) is 0 Å². The zero-order chi connectivity index (χ0) is 22.5. The molecular formula is C27H33ClN4S. The van der Waals surface area contributed by atoms with Gasteiger partial charge in [-0.2, -0.15) is 5.10 Å². The first-order valence-electron chi connectivity index (χ1n) is 11.4. The van der Waals surface area contributed by atoms with Crippen molar-refractivity contribution in [3.05, 3.63) is 77.1 Å². The van der Waals surface area contributed by atoms with Crippen molar-refractivity contribution in [3.8, 4) is 22.5 Å². The van der Waals surface area contributed by atoms with Crippen LogP contribution in [0, 0.1) is 27.7 Å². The summed E-state index contributed by atoms with van der Waals surface area (Å²) in [6, 6.07) is 19.4. The lowest BCUT2D eigenvalue weighted by molar-refractivity contribution is 0.541. The molecule has 4 aromatic rings. The summed E-state index contributed by atoms with van der Waals surface area (Å²) in [5, 5.41) is 5.55. The SMILES string of the molecule is Cc1ccc(-c2nc(SCCCCCn3nc(C)cc3C)[nH]c2-c2ccc(C)cc2)cc1.Cl. The molecule has 0 saturated carbocycles. The van der Waals surface area contributed by atoms with Gasteiger partial charge in [-0.05, 0) is 46.6 Å². The standard InChI is InChI=1S/C27H32N4S.ClH/c1-19-8-12-23(13-9-19)25-26(24-14-10-20(2)11-15-24)29-27(28-25)32-17-7-5-6-16-31-22(4)18-21(3)30-31;/h8-15,18H,5-7,16-17H2,1-4H3,(H,28,29);1H. The molecule has 33 heavy (non-hydrogen) atoms. The van der Waals surface area contributed by atoms with Gasteiger partial charge >= 0.3 is 0 Å². The molecule has 174 valence electrons. The summed E-state index contributed by atoms with van der Waals surface area (Å²) < 4.78 is 2.12. The Morgan fingerprint density at radius 2 is 1.45 bits per heavy atom. The van der Waals surface area contributed by atoms with Crippen LogP contribution in [0.15, 0.2) is 59.8 Å². The molecule has 0 aliphatic rings. The minimum Gasteiger partial charge on any atom is -0.332 e. The molecule has 0 aliphatic heterocycles. The van der Waals surface area contributed by atoms with Crippen molar-refractivity contribution in [1.29, 1.82) is 0 Å². The van der Waals surface area contributed by atoms with Crippen LogP contribution in [0.2, 0.25) is 0 Å². The number of halogens is 1. The third kappa shape index (κ3) is 6.52. The first-order chi connectivity index (χ1) is 15.5. The van der Waals surface area contributed by atoms with Crippen LogP contribution in [0.25, 0.3) is 22.5 Å². The van der Waals surface area contributed by atoms with Crippen LogP contribution in [-0.2, 0) is 6.54 Å². The Morgan fingerprint density at radius 1 is 0.818 bits per heavy atom. The summed E-state index contributed by atoms with van der Waals surface area (Å²) in [4.78, 5) is 8.58. The van der Waals surface area contributed by atoms with Gasteiger partial charge in [0, 0.05) is 29.1 Å². The highest BCUT2D eigenvalue weighted by atomic mass is 35.5.